The monoisotopic (exact) mass is 306 g/mol. The summed E-state index contributed by atoms with van der Waals surface area (Å²) in [4.78, 5) is 17.2. The molecule has 4 rings (SSSR count). The van der Waals surface area contributed by atoms with Crippen molar-refractivity contribution >= 4 is 11.6 Å². The molecule has 0 saturated heterocycles. The van der Waals surface area contributed by atoms with Gasteiger partial charge in [-0.3, -0.25) is 9.69 Å². The fourth-order valence-corrected chi connectivity index (χ4v) is 3.90. The first-order valence-corrected chi connectivity index (χ1v) is 8.41. The van der Waals surface area contributed by atoms with Crippen molar-refractivity contribution in [1.82, 2.24) is 4.90 Å². The van der Waals surface area contributed by atoms with Gasteiger partial charge in [-0.1, -0.05) is 42.5 Å². The van der Waals surface area contributed by atoms with E-state index in [2.05, 4.69) is 54.3 Å². The van der Waals surface area contributed by atoms with Gasteiger partial charge in [0.1, 0.15) is 0 Å². The van der Waals surface area contributed by atoms with Gasteiger partial charge < -0.3 is 4.90 Å². The van der Waals surface area contributed by atoms with Crippen LogP contribution in [-0.2, 0) is 24.2 Å². The molecule has 118 valence electrons. The van der Waals surface area contributed by atoms with Gasteiger partial charge in [-0.05, 0) is 42.5 Å². The second-order valence-electron chi connectivity index (χ2n) is 6.67. The molecule has 0 spiro atoms. The lowest BCUT2D eigenvalue weighted by atomic mass is 10.00. The molecule has 2 aliphatic heterocycles. The van der Waals surface area contributed by atoms with Crippen molar-refractivity contribution in [2.24, 2.45) is 0 Å². The van der Waals surface area contributed by atoms with Crippen LogP contribution in [0.25, 0.3) is 0 Å². The number of hydrogen-bond donors (Lipinski definition) is 0. The van der Waals surface area contributed by atoms with Crippen LogP contribution in [0, 0.1) is 0 Å². The van der Waals surface area contributed by atoms with E-state index in [4.69, 9.17) is 0 Å². The van der Waals surface area contributed by atoms with Crippen LogP contribution in [0.2, 0.25) is 0 Å². The molecule has 23 heavy (non-hydrogen) atoms. The molecule has 0 aliphatic carbocycles. The van der Waals surface area contributed by atoms with Crippen molar-refractivity contribution in [3.63, 3.8) is 0 Å². The van der Waals surface area contributed by atoms with Crippen molar-refractivity contribution in [1.29, 1.82) is 0 Å². The van der Waals surface area contributed by atoms with E-state index in [0.29, 0.717) is 6.54 Å². The van der Waals surface area contributed by atoms with E-state index in [1.165, 1.54) is 16.7 Å². The average molecular weight is 306 g/mol. The maximum absolute atomic E-state index is 12.9. The lowest BCUT2D eigenvalue weighted by molar-refractivity contribution is -0.120. The minimum Gasteiger partial charge on any atom is -0.308 e. The second-order valence-corrected chi connectivity index (χ2v) is 6.67. The zero-order chi connectivity index (χ0) is 15.8. The fraction of sp³-hybridized carbons (Fsp3) is 0.350. The minimum atomic E-state index is 0.224. The molecule has 2 heterocycles. The summed E-state index contributed by atoms with van der Waals surface area (Å²) < 4.78 is 0. The molecule has 3 heteroatoms. The first-order valence-electron chi connectivity index (χ1n) is 8.41. The van der Waals surface area contributed by atoms with Gasteiger partial charge in [0, 0.05) is 24.8 Å². The molecule has 0 saturated carbocycles. The number of carbonyl (C=O) groups excluding carboxylic acids is 1. The molecular weight excluding hydrogens is 284 g/mol. The van der Waals surface area contributed by atoms with Crippen LogP contribution in [0.3, 0.4) is 0 Å². The van der Waals surface area contributed by atoms with Gasteiger partial charge in [-0.25, -0.2) is 0 Å². The number of anilines is 1. The molecule has 0 radical (unpaired) electrons. The van der Waals surface area contributed by atoms with Crippen molar-refractivity contribution < 1.29 is 4.79 Å². The molecule has 2 aromatic rings. The fourth-order valence-electron chi connectivity index (χ4n) is 3.90. The molecular formula is C20H22N2O. The van der Waals surface area contributed by atoms with Crippen LogP contribution in [-0.4, -0.2) is 29.9 Å². The Kier molecular flexibility index (Phi) is 3.66. The summed E-state index contributed by atoms with van der Waals surface area (Å²) in [6.07, 6.45) is 2.00. The lowest BCUT2D eigenvalue weighted by Crippen LogP contribution is -2.44. The van der Waals surface area contributed by atoms with Crippen molar-refractivity contribution in [2.45, 2.75) is 32.4 Å². The molecule has 1 amide bonds. The summed E-state index contributed by atoms with van der Waals surface area (Å²) in [5, 5.41) is 0. The van der Waals surface area contributed by atoms with E-state index >= 15 is 0 Å². The molecule has 0 unspecified atom stereocenters. The molecule has 0 N–H and O–H groups in total. The van der Waals surface area contributed by atoms with E-state index in [9.17, 15) is 4.79 Å². The Hall–Kier alpha value is -2.13. The summed E-state index contributed by atoms with van der Waals surface area (Å²) in [7, 11) is 0. The number of benzene rings is 2. The van der Waals surface area contributed by atoms with Crippen LogP contribution >= 0.6 is 0 Å². The Labute approximate surface area is 137 Å². The number of para-hydroxylation sites is 1. The van der Waals surface area contributed by atoms with Gasteiger partial charge >= 0.3 is 0 Å². The predicted molar refractivity (Wildman–Crippen MR) is 92.5 cm³/mol. The van der Waals surface area contributed by atoms with Crippen LogP contribution in [0.15, 0.2) is 48.5 Å². The highest BCUT2D eigenvalue weighted by atomic mass is 16.2. The molecule has 2 aromatic carbocycles. The molecule has 0 fully saturated rings. The van der Waals surface area contributed by atoms with Crippen LogP contribution in [0.5, 0.6) is 0 Å². The largest absolute Gasteiger partial charge is 0.308 e. The second kappa shape index (κ2) is 5.82. The first-order chi connectivity index (χ1) is 11.2. The van der Waals surface area contributed by atoms with E-state index in [1.807, 2.05) is 11.0 Å². The summed E-state index contributed by atoms with van der Waals surface area (Å²) in [6, 6.07) is 17.1. The lowest BCUT2D eigenvalue weighted by Gasteiger charge is -2.31. The molecule has 0 bridgehead atoms. The number of fused-ring (bicyclic) bond motifs is 2. The highest BCUT2D eigenvalue weighted by molar-refractivity contribution is 5.97. The number of nitrogens with zero attached hydrogens (tertiary/aromatic N) is 2. The Bertz CT molecular complexity index is 740. The van der Waals surface area contributed by atoms with E-state index in [1.54, 1.807) is 0 Å². The Morgan fingerprint density at radius 1 is 1.04 bits per heavy atom. The topological polar surface area (TPSA) is 23.6 Å². The van der Waals surface area contributed by atoms with E-state index in [-0.39, 0.29) is 11.9 Å². The standard InChI is InChI=1S/C20H22N2O/c1-15-12-17-7-4-5-9-19(17)22(15)20(23)14-21-11-10-16-6-2-3-8-18(16)13-21/h2-9,15H,10-14H2,1H3/t15-/m0/s1. The minimum absolute atomic E-state index is 0.224. The van der Waals surface area contributed by atoms with Crippen molar-refractivity contribution in [2.75, 3.05) is 18.0 Å². The SMILES string of the molecule is C[C@H]1Cc2ccccc2N1C(=O)CN1CCc2ccccc2C1. The number of amides is 1. The first kappa shape index (κ1) is 14.5. The average Bonchev–Trinajstić information content (AvgIpc) is 2.90. The third kappa shape index (κ3) is 2.66. The van der Waals surface area contributed by atoms with Gasteiger partial charge in [-0.2, -0.15) is 0 Å². The highest BCUT2D eigenvalue weighted by Gasteiger charge is 2.31. The maximum atomic E-state index is 12.9. The van der Waals surface area contributed by atoms with Crippen molar-refractivity contribution in [3.8, 4) is 0 Å². The van der Waals surface area contributed by atoms with Gasteiger partial charge in [0.25, 0.3) is 0 Å². The molecule has 0 aromatic heterocycles. The quantitative estimate of drug-likeness (QED) is 0.851. The number of hydrogen-bond acceptors (Lipinski definition) is 2. The predicted octanol–water partition coefficient (Wildman–Crippen LogP) is 3.02. The Morgan fingerprint density at radius 3 is 2.57 bits per heavy atom. The van der Waals surface area contributed by atoms with Crippen LogP contribution in [0.1, 0.15) is 23.6 Å². The summed E-state index contributed by atoms with van der Waals surface area (Å²) >= 11 is 0. The summed E-state index contributed by atoms with van der Waals surface area (Å²) in [5.41, 5.74) is 5.18. The third-order valence-corrected chi connectivity index (χ3v) is 5.04. The Balaban J connectivity index is 1.49. The smallest absolute Gasteiger partial charge is 0.241 e. The van der Waals surface area contributed by atoms with Gasteiger partial charge in [-0.15, -0.1) is 0 Å². The zero-order valence-corrected chi connectivity index (χ0v) is 13.5. The molecule has 1 atom stereocenters. The maximum Gasteiger partial charge on any atom is 0.241 e. The van der Waals surface area contributed by atoms with Gasteiger partial charge in [0.15, 0.2) is 0 Å². The molecule has 2 aliphatic rings. The van der Waals surface area contributed by atoms with Gasteiger partial charge in [0.2, 0.25) is 5.91 Å². The van der Waals surface area contributed by atoms with Crippen molar-refractivity contribution in [3.05, 3.63) is 65.2 Å². The summed E-state index contributed by atoms with van der Waals surface area (Å²) in [6.45, 7) is 4.49. The third-order valence-electron chi connectivity index (χ3n) is 5.04. The molecule has 3 nitrogen and oxygen atoms in total. The Morgan fingerprint density at radius 2 is 1.74 bits per heavy atom. The number of rotatable bonds is 2. The zero-order valence-electron chi connectivity index (χ0n) is 13.5. The normalized spacial score (nSPS) is 20.2. The summed E-state index contributed by atoms with van der Waals surface area (Å²) in [5.74, 6) is 0.224. The van der Waals surface area contributed by atoms with Crippen LogP contribution in [0.4, 0.5) is 5.69 Å². The number of carbonyl (C=O) groups is 1. The van der Waals surface area contributed by atoms with E-state index < -0.39 is 0 Å². The van der Waals surface area contributed by atoms with Crippen LogP contribution < -0.4 is 4.90 Å². The highest BCUT2D eigenvalue weighted by Crippen LogP contribution is 2.32. The van der Waals surface area contributed by atoms with Gasteiger partial charge in [0.05, 0.1) is 6.54 Å². The van der Waals surface area contributed by atoms with E-state index in [0.717, 1.165) is 31.6 Å².